The highest BCUT2D eigenvalue weighted by atomic mass is 35.5. The van der Waals surface area contributed by atoms with Crippen molar-refractivity contribution in [2.45, 2.75) is 12.7 Å². The van der Waals surface area contributed by atoms with Crippen molar-refractivity contribution in [3.8, 4) is 0 Å². The van der Waals surface area contributed by atoms with E-state index in [1.165, 1.54) is 30.3 Å². The van der Waals surface area contributed by atoms with Gasteiger partial charge in [0.1, 0.15) is 0 Å². The van der Waals surface area contributed by atoms with Crippen LogP contribution in [0.15, 0.2) is 42.5 Å². The van der Waals surface area contributed by atoms with Crippen LogP contribution in [0.1, 0.15) is 21.5 Å². The fourth-order valence-corrected chi connectivity index (χ4v) is 3.80. The fourth-order valence-electron chi connectivity index (χ4n) is 2.28. The third-order valence-electron chi connectivity index (χ3n) is 3.98. The summed E-state index contributed by atoms with van der Waals surface area (Å²) < 4.78 is 24.4. The van der Waals surface area contributed by atoms with E-state index in [1.807, 2.05) is 0 Å². The number of aryl methyl sites for hydroxylation is 1. The number of thioether (sulfide) groups is 1. The molecule has 0 heterocycles. The van der Waals surface area contributed by atoms with Gasteiger partial charge in [0.2, 0.25) is 10.0 Å². The second-order valence-electron chi connectivity index (χ2n) is 6.19. The molecule has 0 bridgehead atoms. The highest BCUT2D eigenvalue weighted by Gasteiger charge is 2.16. The summed E-state index contributed by atoms with van der Waals surface area (Å²) in [6.07, 6.45) is 1.10. The SMILES string of the molecule is Cc1ccc(CSCCNC(=O)c2cc(N(C)S(C)(=O)=O)ccc2Cl)cc1. The quantitative estimate of drug-likeness (QED) is 0.653. The lowest BCUT2D eigenvalue weighted by atomic mass is 10.2. The minimum absolute atomic E-state index is 0.258. The van der Waals surface area contributed by atoms with Crippen molar-refractivity contribution in [3.63, 3.8) is 0 Å². The average Bonchev–Trinajstić information content (AvgIpc) is 2.62. The van der Waals surface area contributed by atoms with Crippen LogP contribution >= 0.6 is 23.4 Å². The first kappa shape index (κ1) is 21.6. The Labute approximate surface area is 170 Å². The minimum Gasteiger partial charge on any atom is -0.351 e. The van der Waals surface area contributed by atoms with Crippen molar-refractivity contribution in [1.29, 1.82) is 0 Å². The summed E-state index contributed by atoms with van der Waals surface area (Å²) in [7, 11) is -1.98. The molecule has 0 saturated heterocycles. The normalized spacial score (nSPS) is 11.3. The van der Waals surface area contributed by atoms with Gasteiger partial charge in [-0.1, -0.05) is 41.4 Å². The molecule has 1 amide bonds. The third-order valence-corrected chi connectivity index (χ3v) is 6.54. The molecule has 2 rings (SSSR count). The van der Waals surface area contributed by atoms with Gasteiger partial charge in [-0.15, -0.1) is 0 Å². The van der Waals surface area contributed by atoms with E-state index >= 15 is 0 Å². The maximum absolute atomic E-state index is 12.4. The van der Waals surface area contributed by atoms with Gasteiger partial charge in [0.05, 0.1) is 22.5 Å². The average molecular weight is 427 g/mol. The van der Waals surface area contributed by atoms with Gasteiger partial charge in [-0.3, -0.25) is 9.10 Å². The molecule has 0 aromatic heterocycles. The lowest BCUT2D eigenvalue weighted by Gasteiger charge is -2.18. The fraction of sp³-hybridized carbons (Fsp3) is 0.316. The van der Waals surface area contributed by atoms with E-state index in [2.05, 4.69) is 36.5 Å². The number of hydrogen-bond acceptors (Lipinski definition) is 4. The molecular weight excluding hydrogens is 404 g/mol. The van der Waals surface area contributed by atoms with E-state index in [1.54, 1.807) is 17.8 Å². The smallest absolute Gasteiger partial charge is 0.252 e. The van der Waals surface area contributed by atoms with Crippen LogP contribution in [0.2, 0.25) is 5.02 Å². The Balaban J connectivity index is 1.89. The van der Waals surface area contributed by atoms with Gasteiger partial charge < -0.3 is 5.32 Å². The summed E-state index contributed by atoms with van der Waals surface area (Å²) >= 11 is 7.84. The Morgan fingerprint density at radius 2 is 1.85 bits per heavy atom. The molecular formula is C19H23ClN2O3S2. The highest BCUT2D eigenvalue weighted by molar-refractivity contribution is 7.98. The van der Waals surface area contributed by atoms with Crippen LogP contribution in [-0.2, 0) is 15.8 Å². The molecule has 0 aliphatic heterocycles. The molecule has 0 spiro atoms. The molecule has 146 valence electrons. The first-order chi connectivity index (χ1) is 12.7. The Bertz CT molecular complexity index is 900. The van der Waals surface area contributed by atoms with Crippen LogP contribution in [0.3, 0.4) is 0 Å². The maximum Gasteiger partial charge on any atom is 0.252 e. The third kappa shape index (κ3) is 6.45. The predicted octanol–water partition coefficient (Wildman–Crippen LogP) is 3.71. The summed E-state index contributed by atoms with van der Waals surface area (Å²) in [5, 5.41) is 3.11. The van der Waals surface area contributed by atoms with Gasteiger partial charge in [-0.2, -0.15) is 11.8 Å². The van der Waals surface area contributed by atoms with E-state index in [4.69, 9.17) is 11.6 Å². The zero-order valence-corrected chi connectivity index (χ0v) is 17.9. The molecule has 0 fully saturated rings. The monoisotopic (exact) mass is 426 g/mol. The molecule has 0 aliphatic carbocycles. The molecule has 0 aliphatic rings. The number of nitrogens with one attached hydrogen (secondary N) is 1. The molecule has 0 radical (unpaired) electrons. The van der Waals surface area contributed by atoms with E-state index in [9.17, 15) is 13.2 Å². The number of hydrogen-bond donors (Lipinski definition) is 1. The van der Waals surface area contributed by atoms with Gasteiger partial charge in [0.25, 0.3) is 5.91 Å². The number of nitrogens with zero attached hydrogens (tertiary/aromatic N) is 1. The zero-order valence-electron chi connectivity index (χ0n) is 15.5. The Kier molecular flexibility index (Phi) is 7.59. The van der Waals surface area contributed by atoms with E-state index in [0.29, 0.717) is 12.2 Å². The van der Waals surface area contributed by atoms with Crippen LogP contribution in [0, 0.1) is 6.92 Å². The largest absolute Gasteiger partial charge is 0.351 e. The van der Waals surface area contributed by atoms with Crippen LogP contribution in [-0.4, -0.2) is 39.9 Å². The predicted molar refractivity (Wildman–Crippen MR) is 114 cm³/mol. The molecule has 8 heteroatoms. The number of halogens is 1. The van der Waals surface area contributed by atoms with Crippen molar-refractivity contribution >= 4 is 45.0 Å². The van der Waals surface area contributed by atoms with E-state index in [0.717, 1.165) is 22.1 Å². The summed E-state index contributed by atoms with van der Waals surface area (Å²) in [6, 6.07) is 12.9. The topological polar surface area (TPSA) is 66.5 Å². The summed E-state index contributed by atoms with van der Waals surface area (Å²) in [4.78, 5) is 12.4. The number of carbonyl (C=O) groups is 1. The number of benzene rings is 2. The van der Waals surface area contributed by atoms with Crippen molar-refractivity contribution < 1.29 is 13.2 Å². The first-order valence-corrected chi connectivity index (χ1v) is 11.7. The second-order valence-corrected chi connectivity index (χ2v) is 9.71. The van der Waals surface area contributed by atoms with Crippen molar-refractivity contribution in [1.82, 2.24) is 5.32 Å². The molecule has 0 unspecified atom stereocenters. The van der Waals surface area contributed by atoms with Crippen molar-refractivity contribution in [2.75, 3.05) is 29.9 Å². The number of sulfonamides is 1. The highest BCUT2D eigenvalue weighted by Crippen LogP contribution is 2.24. The van der Waals surface area contributed by atoms with Gasteiger partial charge in [0, 0.05) is 25.1 Å². The van der Waals surface area contributed by atoms with E-state index in [-0.39, 0.29) is 16.5 Å². The number of carbonyl (C=O) groups excluding carboxylic acids is 1. The van der Waals surface area contributed by atoms with Crippen LogP contribution in [0.25, 0.3) is 0 Å². The van der Waals surface area contributed by atoms with Crippen LogP contribution in [0.4, 0.5) is 5.69 Å². The van der Waals surface area contributed by atoms with Crippen LogP contribution < -0.4 is 9.62 Å². The number of anilines is 1. The first-order valence-electron chi connectivity index (χ1n) is 8.33. The summed E-state index contributed by atoms with van der Waals surface area (Å²) in [6.45, 7) is 2.55. The standard InChI is InChI=1S/C19H23ClN2O3S2/c1-14-4-6-15(7-5-14)13-26-11-10-21-19(23)17-12-16(8-9-18(17)20)22(2)27(3,24)25/h4-9,12H,10-11,13H2,1-3H3,(H,21,23). The molecule has 27 heavy (non-hydrogen) atoms. The van der Waals surface area contributed by atoms with Gasteiger partial charge in [0.15, 0.2) is 0 Å². The Morgan fingerprint density at radius 1 is 1.19 bits per heavy atom. The zero-order chi connectivity index (χ0) is 20.0. The summed E-state index contributed by atoms with van der Waals surface area (Å²) in [5.41, 5.74) is 3.13. The minimum atomic E-state index is -3.41. The Morgan fingerprint density at radius 3 is 2.48 bits per heavy atom. The molecule has 0 saturated carbocycles. The van der Waals surface area contributed by atoms with Crippen LogP contribution in [0.5, 0.6) is 0 Å². The molecule has 1 N–H and O–H groups in total. The molecule has 2 aromatic carbocycles. The molecule has 0 atom stereocenters. The van der Waals surface area contributed by atoms with Gasteiger partial charge in [-0.25, -0.2) is 8.42 Å². The maximum atomic E-state index is 12.4. The van der Waals surface area contributed by atoms with Gasteiger partial charge >= 0.3 is 0 Å². The lowest BCUT2D eigenvalue weighted by molar-refractivity contribution is 0.0956. The number of rotatable bonds is 8. The number of amides is 1. The van der Waals surface area contributed by atoms with Crippen molar-refractivity contribution in [3.05, 3.63) is 64.2 Å². The lowest BCUT2D eigenvalue weighted by Crippen LogP contribution is -2.28. The van der Waals surface area contributed by atoms with Gasteiger partial charge in [-0.05, 0) is 30.7 Å². The van der Waals surface area contributed by atoms with E-state index < -0.39 is 10.0 Å². The molecule has 2 aromatic rings. The second kappa shape index (κ2) is 9.48. The summed E-state index contributed by atoms with van der Waals surface area (Å²) in [5.74, 6) is 1.32. The Hall–Kier alpha value is -1.70. The van der Waals surface area contributed by atoms with Crippen molar-refractivity contribution in [2.24, 2.45) is 0 Å². The molecule has 5 nitrogen and oxygen atoms in total.